The Morgan fingerprint density at radius 2 is 2.05 bits per heavy atom. The third-order valence-electron chi connectivity index (χ3n) is 2.74. The lowest BCUT2D eigenvalue weighted by atomic mass is 10.1. The van der Waals surface area contributed by atoms with Crippen LogP contribution < -0.4 is 5.32 Å². The average Bonchev–Trinajstić information content (AvgIpc) is 2.88. The third kappa shape index (κ3) is 4.29. The predicted octanol–water partition coefficient (Wildman–Crippen LogP) is 3.50. The molecule has 2 rings (SSSR count). The standard InChI is InChI=1S/C14H16F3N3O/c1-9(2)7-18-8-10-4-3-5-11(6-10)12-19-13(21-20-12)14(15,16)17/h3-6,9,18H,7-8H2,1-2H3. The fourth-order valence-electron chi connectivity index (χ4n) is 1.78. The number of hydrogen-bond acceptors (Lipinski definition) is 4. The van der Waals surface area contributed by atoms with Crippen LogP contribution in [0.25, 0.3) is 11.4 Å². The molecule has 0 spiro atoms. The maximum Gasteiger partial charge on any atom is 0.471 e. The van der Waals surface area contributed by atoms with Crippen LogP contribution in [0.3, 0.4) is 0 Å². The zero-order chi connectivity index (χ0) is 15.5. The molecule has 0 saturated carbocycles. The van der Waals surface area contributed by atoms with Crippen molar-refractivity contribution in [1.29, 1.82) is 0 Å². The number of rotatable bonds is 5. The van der Waals surface area contributed by atoms with Crippen molar-refractivity contribution in [2.24, 2.45) is 5.92 Å². The number of benzene rings is 1. The van der Waals surface area contributed by atoms with Crippen LogP contribution in [0, 0.1) is 5.92 Å². The maximum absolute atomic E-state index is 12.4. The largest absolute Gasteiger partial charge is 0.471 e. The van der Waals surface area contributed by atoms with Gasteiger partial charge in [0.1, 0.15) is 0 Å². The first-order valence-electron chi connectivity index (χ1n) is 6.57. The van der Waals surface area contributed by atoms with Crippen LogP contribution in [0.2, 0.25) is 0 Å². The molecule has 0 fully saturated rings. The lowest BCUT2D eigenvalue weighted by Gasteiger charge is -2.07. The third-order valence-corrected chi connectivity index (χ3v) is 2.74. The molecule has 0 aliphatic carbocycles. The van der Waals surface area contributed by atoms with E-state index >= 15 is 0 Å². The van der Waals surface area contributed by atoms with Crippen molar-refractivity contribution in [2.45, 2.75) is 26.6 Å². The summed E-state index contributed by atoms with van der Waals surface area (Å²) in [5.74, 6) is -0.867. The van der Waals surface area contributed by atoms with Gasteiger partial charge in [0.05, 0.1) is 0 Å². The van der Waals surface area contributed by atoms with Crippen molar-refractivity contribution in [1.82, 2.24) is 15.5 Å². The van der Waals surface area contributed by atoms with Gasteiger partial charge in [0.2, 0.25) is 5.82 Å². The minimum absolute atomic E-state index is 0.0620. The van der Waals surface area contributed by atoms with Gasteiger partial charge in [0.25, 0.3) is 0 Å². The summed E-state index contributed by atoms with van der Waals surface area (Å²) < 4.78 is 41.5. The highest BCUT2D eigenvalue weighted by molar-refractivity contribution is 5.55. The maximum atomic E-state index is 12.4. The van der Waals surface area contributed by atoms with Crippen molar-refractivity contribution in [3.63, 3.8) is 0 Å². The molecule has 0 aliphatic heterocycles. The molecule has 0 bridgehead atoms. The van der Waals surface area contributed by atoms with Crippen LogP contribution in [0.1, 0.15) is 25.3 Å². The Morgan fingerprint density at radius 3 is 2.67 bits per heavy atom. The number of alkyl halides is 3. The molecule has 114 valence electrons. The van der Waals surface area contributed by atoms with Crippen molar-refractivity contribution >= 4 is 0 Å². The molecule has 4 nitrogen and oxygen atoms in total. The predicted molar refractivity (Wildman–Crippen MR) is 71.3 cm³/mol. The van der Waals surface area contributed by atoms with E-state index in [9.17, 15) is 13.2 Å². The fraction of sp³-hybridized carbons (Fsp3) is 0.429. The van der Waals surface area contributed by atoms with Crippen LogP contribution >= 0.6 is 0 Å². The van der Waals surface area contributed by atoms with E-state index in [0.29, 0.717) is 18.0 Å². The Balaban J connectivity index is 2.12. The second-order valence-electron chi connectivity index (χ2n) is 5.15. The number of aromatic nitrogens is 2. The van der Waals surface area contributed by atoms with Gasteiger partial charge in [-0.2, -0.15) is 18.2 Å². The van der Waals surface area contributed by atoms with Gasteiger partial charge in [-0.05, 0) is 24.1 Å². The number of nitrogens with one attached hydrogen (secondary N) is 1. The molecular weight excluding hydrogens is 283 g/mol. The van der Waals surface area contributed by atoms with Crippen molar-refractivity contribution in [2.75, 3.05) is 6.54 Å². The molecule has 0 saturated heterocycles. The minimum Gasteiger partial charge on any atom is -0.329 e. The smallest absolute Gasteiger partial charge is 0.329 e. The molecule has 1 heterocycles. The highest BCUT2D eigenvalue weighted by Crippen LogP contribution is 2.29. The summed E-state index contributed by atoms with van der Waals surface area (Å²) in [5, 5.41) is 6.64. The molecule has 1 N–H and O–H groups in total. The Kier molecular flexibility index (Phi) is 4.62. The van der Waals surface area contributed by atoms with Crippen LogP contribution in [0.4, 0.5) is 13.2 Å². The molecule has 2 aromatic rings. The minimum atomic E-state index is -4.62. The van der Waals surface area contributed by atoms with Crippen LogP contribution in [0.15, 0.2) is 28.8 Å². The van der Waals surface area contributed by atoms with E-state index in [0.717, 1.165) is 12.1 Å². The second-order valence-corrected chi connectivity index (χ2v) is 5.15. The summed E-state index contributed by atoms with van der Waals surface area (Å²) >= 11 is 0. The molecule has 21 heavy (non-hydrogen) atoms. The fourth-order valence-corrected chi connectivity index (χ4v) is 1.78. The summed E-state index contributed by atoms with van der Waals surface area (Å²) in [5.41, 5.74) is 1.45. The van der Waals surface area contributed by atoms with E-state index in [2.05, 4.69) is 33.8 Å². The molecule has 0 unspecified atom stereocenters. The summed E-state index contributed by atoms with van der Waals surface area (Å²) in [6.45, 7) is 5.70. The summed E-state index contributed by atoms with van der Waals surface area (Å²) in [6, 6.07) is 7.04. The van der Waals surface area contributed by atoms with Crippen LogP contribution in [0.5, 0.6) is 0 Å². The van der Waals surface area contributed by atoms with Gasteiger partial charge in [-0.25, -0.2) is 0 Å². The first-order valence-corrected chi connectivity index (χ1v) is 6.57. The molecule has 0 atom stereocenters. The van der Waals surface area contributed by atoms with E-state index < -0.39 is 12.1 Å². The second kappa shape index (κ2) is 6.26. The van der Waals surface area contributed by atoms with Crippen molar-refractivity contribution < 1.29 is 17.7 Å². The van der Waals surface area contributed by atoms with Gasteiger partial charge < -0.3 is 9.84 Å². The molecule has 7 heteroatoms. The monoisotopic (exact) mass is 299 g/mol. The highest BCUT2D eigenvalue weighted by Gasteiger charge is 2.38. The molecule has 1 aromatic carbocycles. The zero-order valence-corrected chi connectivity index (χ0v) is 11.7. The molecule has 1 aromatic heterocycles. The van der Waals surface area contributed by atoms with E-state index in [1.807, 2.05) is 6.07 Å². The Hall–Kier alpha value is -1.89. The number of nitrogens with zero attached hydrogens (tertiary/aromatic N) is 2. The lowest BCUT2D eigenvalue weighted by Crippen LogP contribution is -2.18. The molecule has 0 radical (unpaired) electrons. The Morgan fingerprint density at radius 1 is 1.29 bits per heavy atom. The zero-order valence-electron chi connectivity index (χ0n) is 11.7. The van der Waals surface area contributed by atoms with Crippen molar-refractivity contribution in [3.05, 3.63) is 35.7 Å². The number of halogens is 3. The SMILES string of the molecule is CC(C)CNCc1cccc(-c2noc(C(F)(F)F)n2)c1. The van der Waals surface area contributed by atoms with Crippen LogP contribution in [-0.2, 0) is 12.7 Å². The lowest BCUT2D eigenvalue weighted by molar-refractivity contribution is -0.159. The topological polar surface area (TPSA) is 51.0 Å². The van der Waals surface area contributed by atoms with E-state index in [4.69, 9.17) is 0 Å². The number of hydrogen-bond donors (Lipinski definition) is 1. The molecule has 0 amide bonds. The van der Waals surface area contributed by atoms with E-state index in [1.54, 1.807) is 18.2 Å². The average molecular weight is 299 g/mol. The Labute approximate surface area is 120 Å². The Bertz CT molecular complexity index is 593. The first-order chi connectivity index (χ1) is 9.86. The van der Waals surface area contributed by atoms with Gasteiger partial charge >= 0.3 is 12.1 Å². The summed E-state index contributed by atoms with van der Waals surface area (Å²) in [6.07, 6.45) is -4.62. The van der Waals surface area contributed by atoms with Crippen LogP contribution in [-0.4, -0.2) is 16.7 Å². The van der Waals surface area contributed by atoms with Gasteiger partial charge in [-0.1, -0.05) is 37.2 Å². The normalized spacial score (nSPS) is 12.1. The summed E-state index contributed by atoms with van der Waals surface area (Å²) in [4.78, 5) is 3.38. The van der Waals surface area contributed by atoms with Crippen molar-refractivity contribution in [3.8, 4) is 11.4 Å². The van der Waals surface area contributed by atoms with Gasteiger partial charge in [0, 0.05) is 12.1 Å². The van der Waals surface area contributed by atoms with E-state index in [1.165, 1.54) is 0 Å². The summed E-state index contributed by atoms with van der Waals surface area (Å²) in [7, 11) is 0. The van der Waals surface area contributed by atoms with Gasteiger partial charge in [-0.3, -0.25) is 0 Å². The highest BCUT2D eigenvalue weighted by atomic mass is 19.4. The molecular formula is C14H16F3N3O. The van der Waals surface area contributed by atoms with E-state index in [-0.39, 0.29) is 5.82 Å². The molecule has 0 aliphatic rings. The quantitative estimate of drug-likeness (QED) is 0.918. The van der Waals surface area contributed by atoms with Gasteiger partial charge in [-0.15, -0.1) is 0 Å². The first kappa shape index (κ1) is 15.5. The van der Waals surface area contributed by atoms with Gasteiger partial charge in [0.15, 0.2) is 0 Å².